The Bertz CT molecular complexity index is 277. The van der Waals surface area contributed by atoms with Crippen LogP contribution < -0.4 is 0 Å². The second-order valence-corrected chi connectivity index (χ2v) is 1.96. The van der Waals surface area contributed by atoms with E-state index in [1.165, 1.54) is 0 Å². The molecule has 0 aromatic carbocycles. The fraction of sp³-hybridized carbons (Fsp3) is 0.143. The third-order valence-electron chi connectivity index (χ3n) is 1.07. The molecule has 0 aliphatic heterocycles. The molecule has 0 N–H and O–H groups in total. The Labute approximate surface area is 64.6 Å². The second-order valence-electron chi connectivity index (χ2n) is 1.78. The lowest BCUT2D eigenvalue weighted by Gasteiger charge is -1.91. The number of nitrogens with zero attached hydrogens (tertiary/aromatic N) is 2. The van der Waals surface area contributed by atoms with Crippen molar-refractivity contribution >= 4 is 23.2 Å². The summed E-state index contributed by atoms with van der Waals surface area (Å²) in [4.78, 5) is 7.66. The van der Waals surface area contributed by atoms with Crippen molar-refractivity contribution in [1.82, 2.24) is 4.98 Å². The van der Waals surface area contributed by atoms with Gasteiger partial charge >= 0.3 is 0 Å². The van der Waals surface area contributed by atoms with Crippen LogP contribution in [0.4, 0.5) is 5.82 Å². The van der Waals surface area contributed by atoms with E-state index in [0.717, 1.165) is 5.56 Å². The van der Waals surface area contributed by atoms with E-state index in [4.69, 9.17) is 0 Å². The first-order valence-electron chi connectivity index (χ1n) is 2.75. The number of isothiocyanates is 1. The molecule has 0 unspecified atom stereocenters. The molecule has 0 saturated heterocycles. The maximum absolute atomic E-state index is 4.43. The van der Waals surface area contributed by atoms with Crippen LogP contribution in [0.15, 0.2) is 17.3 Å². The third-order valence-corrected chi connectivity index (χ3v) is 1.16. The molecular weight excluding hydrogens is 144 g/mol. The average Bonchev–Trinajstić information content (AvgIpc) is 1.94. The van der Waals surface area contributed by atoms with Crippen molar-refractivity contribution in [2.45, 2.75) is 6.92 Å². The van der Waals surface area contributed by atoms with Gasteiger partial charge in [-0.05, 0) is 30.8 Å². The quantitative estimate of drug-likeness (QED) is 0.450. The normalized spacial score (nSPS) is 8.50. The molecule has 49 valence electrons. The lowest BCUT2D eigenvalue weighted by molar-refractivity contribution is 1.23. The van der Waals surface area contributed by atoms with E-state index in [-0.39, 0.29) is 0 Å². The minimum Gasteiger partial charge on any atom is -0.236 e. The van der Waals surface area contributed by atoms with Crippen molar-refractivity contribution in [2.24, 2.45) is 4.99 Å². The molecule has 0 aliphatic carbocycles. The molecule has 0 aliphatic rings. The Kier molecular flexibility index (Phi) is 2.26. The summed E-state index contributed by atoms with van der Waals surface area (Å²) < 4.78 is 0. The summed E-state index contributed by atoms with van der Waals surface area (Å²) in [7, 11) is 0. The Morgan fingerprint density at radius 3 is 3.20 bits per heavy atom. The van der Waals surface area contributed by atoms with E-state index in [2.05, 4.69) is 33.4 Å². The van der Waals surface area contributed by atoms with E-state index < -0.39 is 0 Å². The lowest BCUT2D eigenvalue weighted by atomic mass is 10.3. The fourth-order valence-electron chi connectivity index (χ4n) is 0.587. The van der Waals surface area contributed by atoms with E-state index in [0.29, 0.717) is 5.82 Å². The van der Waals surface area contributed by atoms with Crippen molar-refractivity contribution in [1.29, 1.82) is 0 Å². The minimum absolute atomic E-state index is 0.619. The van der Waals surface area contributed by atoms with Gasteiger partial charge in [-0.1, -0.05) is 0 Å². The number of thiocarbonyl (C=S) groups is 1. The first kappa shape index (κ1) is 7.06. The van der Waals surface area contributed by atoms with Crippen molar-refractivity contribution in [2.75, 3.05) is 0 Å². The highest BCUT2D eigenvalue weighted by atomic mass is 32.1. The number of aromatic nitrogens is 1. The van der Waals surface area contributed by atoms with Crippen molar-refractivity contribution < 1.29 is 0 Å². The van der Waals surface area contributed by atoms with Crippen molar-refractivity contribution in [3.63, 3.8) is 0 Å². The number of aliphatic imine (C=N–C) groups is 1. The van der Waals surface area contributed by atoms with Crippen molar-refractivity contribution in [3.05, 3.63) is 23.9 Å². The number of aryl methyl sites for hydroxylation is 1. The molecule has 0 atom stereocenters. The summed E-state index contributed by atoms with van der Waals surface area (Å²) in [5.74, 6) is 0.619. The zero-order chi connectivity index (χ0) is 7.40. The molecule has 1 rings (SSSR count). The number of hydrogen-bond donors (Lipinski definition) is 0. The summed E-state index contributed by atoms with van der Waals surface area (Å²) >= 11 is 4.43. The highest BCUT2D eigenvalue weighted by Gasteiger charge is 1.91. The minimum atomic E-state index is 0.619. The van der Waals surface area contributed by atoms with Crippen LogP contribution in [-0.4, -0.2) is 10.1 Å². The summed E-state index contributed by atoms with van der Waals surface area (Å²) in [5.41, 5.74) is 0.958. The molecule has 2 nitrogen and oxygen atoms in total. The number of pyridine rings is 1. The van der Waals surface area contributed by atoms with Crippen LogP contribution in [0.25, 0.3) is 0 Å². The smallest absolute Gasteiger partial charge is 0.165 e. The summed E-state index contributed by atoms with van der Waals surface area (Å²) in [6.45, 7) is 1.90. The van der Waals surface area contributed by atoms with Gasteiger partial charge < -0.3 is 0 Å². The van der Waals surface area contributed by atoms with Gasteiger partial charge in [-0.25, -0.2) is 4.98 Å². The largest absolute Gasteiger partial charge is 0.236 e. The highest BCUT2D eigenvalue weighted by molar-refractivity contribution is 7.78. The zero-order valence-corrected chi connectivity index (χ0v) is 6.27. The van der Waals surface area contributed by atoms with Crippen LogP contribution >= 0.6 is 12.2 Å². The van der Waals surface area contributed by atoms with Gasteiger partial charge in [0, 0.05) is 12.3 Å². The molecule has 1 aromatic heterocycles. The molecule has 0 amide bonds. The Balaban J connectivity index is 3.14. The predicted octanol–water partition coefficient (Wildman–Crippen LogP) is 1.92. The molecule has 10 heavy (non-hydrogen) atoms. The third kappa shape index (κ3) is 1.47. The van der Waals surface area contributed by atoms with Crippen LogP contribution in [0.1, 0.15) is 5.56 Å². The lowest BCUT2D eigenvalue weighted by Crippen LogP contribution is -1.76. The van der Waals surface area contributed by atoms with Gasteiger partial charge in [0.2, 0.25) is 0 Å². The van der Waals surface area contributed by atoms with Gasteiger partial charge in [0.25, 0.3) is 0 Å². The molecule has 0 saturated carbocycles. The maximum Gasteiger partial charge on any atom is 0.165 e. The second kappa shape index (κ2) is 3.20. The van der Waals surface area contributed by atoms with Crippen LogP contribution in [0.3, 0.4) is 0 Å². The van der Waals surface area contributed by atoms with Gasteiger partial charge in [0.1, 0.15) is 0 Å². The van der Waals surface area contributed by atoms with E-state index in [1.807, 2.05) is 6.92 Å². The Hall–Kier alpha value is -1.05. The Morgan fingerprint density at radius 2 is 2.60 bits per heavy atom. The monoisotopic (exact) mass is 149 g/mol. The molecule has 0 fully saturated rings. The molecule has 3 heteroatoms. The standard InChI is InChI=1S/C7H5N2S/c1-6-3-2-4-8-7(6)9-5-10/h3-4H,1H3. The molecule has 1 aromatic rings. The van der Waals surface area contributed by atoms with Gasteiger partial charge in [0.15, 0.2) is 5.82 Å². The maximum atomic E-state index is 4.43. The number of hydrogen-bond acceptors (Lipinski definition) is 3. The number of rotatable bonds is 1. The van der Waals surface area contributed by atoms with Crippen molar-refractivity contribution in [3.8, 4) is 0 Å². The first-order chi connectivity index (χ1) is 4.84. The van der Waals surface area contributed by atoms with Crippen LogP contribution in [0, 0.1) is 13.0 Å². The SMILES string of the molecule is Cc1c[c]cnc1N=C=S. The zero-order valence-electron chi connectivity index (χ0n) is 5.46. The van der Waals surface area contributed by atoms with E-state index in [9.17, 15) is 0 Å². The van der Waals surface area contributed by atoms with Gasteiger partial charge in [-0.15, -0.1) is 0 Å². The van der Waals surface area contributed by atoms with Crippen LogP contribution in [-0.2, 0) is 0 Å². The molecular formula is C7H5N2S. The molecule has 0 bridgehead atoms. The Morgan fingerprint density at radius 1 is 1.80 bits per heavy atom. The van der Waals surface area contributed by atoms with Gasteiger partial charge in [-0.3, -0.25) is 0 Å². The topological polar surface area (TPSA) is 25.2 Å². The molecule has 1 heterocycles. The predicted molar refractivity (Wildman–Crippen MR) is 42.5 cm³/mol. The average molecular weight is 149 g/mol. The summed E-state index contributed by atoms with van der Waals surface area (Å²) in [5, 5.41) is 2.26. The van der Waals surface area contributed by atoms with Crippen LogP contribution in [0.2, 0.25) is 0 Å². The fourth-order valence-corrected chi connectivity index (χ4v) is 0.674. The van der Waals surface area contributed by atoms with Gasteiger partial charge in [-0.2, -0.15) is 4.99 Å². The van der Waals surface area contributed by atoms with E-state index >= 15 is 0 Å². The highest BCUT2D eigenvalue weighted by Crippen LogP contribution is 2.10. The first-order valence-corrected chi connectivity index (χ1v) is 3.16. The summed E-state index contributed by atoms with van der Waals surface area (Å²) in [6.07, 6.45) is 1.55. The van der Waals surface area contributed by atoms with Gasteiger partial charge in [0.05, 0.1) is 5.16 Å². The van der Waals surface area contributed by atoms with E-state index in [1.54, 1.807) is 12.3 Å². The molecule has 0 spiro atoms. The molecule has 1 radical (unpaired) electrons. The van der Waals surface area contributed by atoms with Crippen LogP contribution in [0.5, 0.6) is 0 Å². The summed E-state index contributed by atoms with van der Waals surface area (Å²) in [6, 6.07) is 4.63.